The molecular formula is C20H31N3O5S. The number of unbranched alkanes of at least 4 members (excludes halogenated alkanes) is 1. The summed E-state index contributed by atoms with van der Waals surface area (Å²) in [4.78, 5) is 25.2. The van der Waals surface area contributed by atoms with Crippen LogP contribution < -0.4 is 10.6 Å². The predicted molar refractivity (Wildman–Crippen MR) is 110 cm³/mol. The number of nitrogens with zero attached hydrogens (tertiary/aromatic N) is 1. The number of nitrogens with one attached hydrogen (secondary N) is 2. The first kappa shape index (κ1) is 23.3. The van der Waals surface area contributed by atoms with Crippen molar-refractivity contribution in [3.63, 3.8) is 0 Å². The molecule has 0 aromatic heterocycles. The average molecular weight is 426 g/mol. The van der Waals surface area contributed by atoms with Crippen molar-refractivity contribution in [1.82, 2.24) is 14.9 Å². The zero-order valence-corrected chi connectivity index (χ0v) is 18.1. The smallest absolute Gasteiger partial charge is 0.251 e. The van der Waals surface area contributed by atoms with Crippen LogP contribution in [-0.2, 0) is 19.6 Å². The summed E-state index contributed by atoms with van der Waals surface area (Å²) in [5.74, 6) is -0.826. The molecule has 0 bridgehead atoms. The van der Waals surface area contributed by atoms with E-state index in [1.54, 1.807) is 6.07 Å². The van der Waals surface area contributed by atoms with Gasteiger partial charge in [0, 0.05) is 25.2 Å². The second-order valence-corrected chi connectivity index (χ2v) is 9.32. The first-order chi connectivity index (χ1) is 13.8. The fourth-order valence-corrected chi connectivity index (χ4v) is 4.45. The Morgan fingerprint density at radius 3 is 2.52 bits per heavy atom. The summed E-state index contributed by atoms with van der Waals surface area (Å²) in [6.45, 7) is 7.56. The Hall–Kier alpha value is -1.97. The molecule has 2 rings (SSSR count). The number of sulfonamides is 1. The lowest BCUT2D eigenvalue weighted by molar-refractivity contribution is -0.123. The molecule has 1 aromatic rings. The number of ether oxygens (including phenoxy) is 1. The first-order valence-electron chi connectivity index (χ1n) is 10.0. The quantitative estimate of drug-likeness (QED) is 0.582. The molecule has 1 aliphatic rings. The normalized spacial score (nSPS) is 16.4. The summed E-state index contributed by atoms with van der Waals surface area (Å²) in [5.41, 5.74) is 0.200. The highest BCUT2D eigenvalue weighted by atomic mass is 32.2. The third kappa shape index (κ3) is 6.25. The van der Waals surface area contributed by atoms with Gasteiger partial charge in [-0.2, -0.15) is 4.31 Å². The highest BCUT2D eigenvalue weighted by Crippen LogP contribution is 2.18. The van der Waals surface area contributed by atoms with Crippen LogP contribution in [0.4, 0.5) is 0 Å². The van der Waals surface area contributed by atoms with Crippen molar-refractivity contribution in [1.29, 1.82) is 0 Å². The number of hydrogen-bond acceptors (Lipinski definition) is 5. The average Bonchev–Trinajstić information content (AvgIpc) is 2.72. The topological polar surface area (TPSA) is 105 Å². The lowest BCUT2D eigenvalue weighted by Gasteiger charge is -2.26. The highest BCUT2D eigenvalue weighted by molar-refractivity contribution is 7.89. The molecule has 2 N–H and O–H groups in total. The maximum Gasteiger partial charge on any atom is 0.251 e. The lowest BCUT2D eigenvalue weighted by atomic mass is 10.0. The SMILES string of the molecule is CCCCNC(=O)[C@@H](NC(=O)c1cccc(S(=O)(=O)N2CCOCC2)c1)C(C)C. The van der Waals surface area contributed by atoms with E-state index in [1.165, 1.54) is 22.5 Å². The van der Waals surface area contributed by atoms with Gasteiger partial charge < -0.3 is 15.4 Å². The molecule has 9 heteroatoms. The Kier molecular flexibility index (Phi) is 8.60. The molecule has 8 nitrogen and oxygen atoms in total. The number of carbonyl (C=O) groups is 2. The van der Waals surface area contributed by atoms with E-state index in [2.05, 4.69) is 10.6 Å². The molecule has 29 heavy (non-hydrogen) atoms. The van der Waals surface area contributed by atoms with E-state index >= 15 is 0 Å². The summed E-state index contributed by atoms with van der Waals surface area (Å²) in [7, 11) is -3.70. The van der Waals surface area contributed by atoms with Gasteiger partial charge in [-0.15, -0.1) is 0 Å². The van der Waals surface area contributed by atoms with Crippen LogP contribution in [0, 0.1) is 5.92 Å². The van der Waals surface area contributed by atoms with Gasteiger partial charge in [0.2, 0.25) is 15.9 Å². The molecule has 0 unspecified atom stereocenters. The minimum absolute atomic E-state index is 0.0561. The van der Waals surface area contributed by atoms with Gasteiger partial charge in [-0.3, -0.25) is 9.59 Å². The van der Waals surface area contributed by atoms with Crippen molar-refractivity contribution in [2.24, 2.45) is 5.92 Å². The van der Waals surface area contributed by atoms with Gasteiger partial charge >= 0.3 is 0 Å². The summed E-state index contributed by atoms with van der Waals surface area (Å²) in [6, 6.07) is 5.21. The minimum Gasteiger partial charge on any atom is -0.379 e. The Balaban J connectivity index is 2.14. The highest BCUT2D eigenvalue weighted by Gasteiger charge is 2.28. The Labute approximate surface area is 173 Å². The maximum absolute atomic E-state index is 12.8. The van der Waals surface area contributed by atoms with E-state index in [0.29, 0.717) is 19.8 Å². The predicted octanol–water partition coefficient (Wildman–Crippen LogP) is 1.38. The standard InChI is InChI=1S/C20H31N3O5S/c1-4-5-9-21-20(25)18(15(2)3)22-19(24)16-7-6-8-17(14-16)29(26,27)23-10-12-28-13-11-23/h6-8,14-15,18H,4-5,9-13H2,1-3H3,(H,21,25)(H,22,24)/t18-/m0/s1. The number of amides is 2. The zero-order valence-electron chi connectivity index (χ0n) is 17.3. The second kappa shape index (κ2) is 10.7. The summed E-state index contributed by atoms with van der Waals surface area (Å²) in [5, 5.41) is 5.57. The van der Waals surface area contributed by atoms with Gasteiger partial charge in [-0.05, 0) is 30.5 Å². The van der Waals surface area contributed by atoms with E-state index in [-0.39, 0.29) is 35.4 Å². The number of morpholine rings is 1. The number of rotatable bonds is 9. The van der Waals surface area contributed by atoms with Crippen LogP contribution in [0.2, 0.25) is 0 Å². The van der Waals surface area contributed by atoms with E-state index in [4.69, 9.17) is 4.74 Å². The fourth-order valence-electron chi connectivity index (χ4n) is 2.99. The van der Waals surface area contributed by atoms with Crippen LogP contribution in [0.1, 0.15) is 44.0 Å². The molecule has 0 radical (unpaired) electrons. The Morgan fingerprint density at radius 1 is 1.21 bits per heavy atom. The van der Waals surface area contributed by atoms with Gasteiger partial charge in [0.15, 0.2) is 0 Å². The molecule has 1 saturated heterocycles. The van der Waals surface area contributed by atoms with Crippen LogP contribution in [0.3, 0.4) is 0 Å². The molecule has 162 valence electrons. The third-order valence-corrected chi connectivity index (χ3v) is 6.66. The van der Waals surface area contributed by atoms with Crippen LogP contribution in [0.25, 0.3) is 0 Å². The van der Waals surface area contributed by atoms with Crippen LogP contribution in [0.15, 0.2) is 29.2 Å². The number of hydrogen-bond donors (Lipinski definition) is 2. The van der Waals surface area contributed by atoms with Crippen molar-refractivity contribution >= 4 is 21.8 Å². The van der Waals surface area contributed by atoms with Gasteiger partial charge in [0.1, 0.15) is 6.04 Å². The first-order valence-corrected chi connectivity index (χ1v) is 11.5. The monoisotopic (exact) mass is 425 g/mol. The van der Waals surface area contributed by atoms with Crippen molar-refractivity contribution in [2.75, 3.05) is 32.8 Å². The minimum atomic E-state index is -3.70. The van der Waals surface area contributed by atoms with Crippen molar-refractivity contribution in [3.05, 3.63) is 29.8 Å². The van der Waals surface area contributed by atoms with E-state index < -0.39 is 22.0 Å². The summed E-state index contributed by atoms with van der Waals surface area (Å²) in [6.07, 6.45) is 1.83. The molecule has 1 aromatic carbocycles. The van der Waals surface area contributed by atoms with E-state index in [1.807, 2.05) is 20.8 Å². The molecule has 0 saturated carbocycles. The molecular weight excluding hydrogens is 394 g/mol. The molecule has 0 aliphatic carbocycles. The van der Waals surface area contributed by atoms with Crippen molar-refractivity contribution in [3.8, 4) is 0 Å². The lowest BCUT2D eigenvalue weighted by Crippen LogP contribution is -2.49. The fraction of sp³-hybridized carbons (Fsp3) is 0.600. The second-order valence-electron chi connectivity index (χ2n) is 7.38. The molecule has 1 atom stereocenters. The number of carbonyl (C=O) groups excluding carboxylic acids is 2. The molecule has 1 heterocycles. The Bertz CT molecular complexity index is 804. The van der Waals surface area contributed by atoms with Gasteiger partial charge in [0.05, 0.1) is 18.1 Å². The third-order valence-electron chi connectivity index (χ3n) is 4.77. The number of benzene rings is 1. The van der Waals surface area contributed by atoms with Crippen LogP contribution in [-0.4, -0.2) is 63.4 Å². The largest absolute Gasteiger partial charge is 0.379 e. The molecule has 0 spiro atoms. The summed E-state index contributed by atoms with van der Waals surface area (Å²) < 4.78 is 32.2. The van der Waals surface area contributed by atoms with Crippen molar-refractivity contribution < 1.29 is 22.7 Å². The molecule has 1 aliphatic heterocycles. The van der Waals surface area contributed by atoms with Gasteiger partial charge in [-0.25, -0.2) is 8.42 Å². The van der Waals surface area contributed by atoms with Gasteiger partial charge in [-0.1, -0.05) is 33.3 Å². The molecule has 1 fully saturated rings. The van der Waals surface area contributed by atoms with Crippen LogP contribution in [0.5, 0.6) is 0 Å². The Morgan fingerprint density at radius 2 is 1.90 bits per heavy atom. The maximum atomic E-state index is 12.8. The van der Waals surface area contributed by atoms with E-state index in [0.717, 1.165) is 12.8 Å². The van der Waals surface area contributed by atoms with E-state index in [9.17, 15) is 18.0 Å². The van der Waals surface area contributed by atoms with Gasteiger partial charge in [0.25, 0.3) is 5.91 Å². The zero-order chi connectivity index (χ0) is 21.4. The summed E-state index contributed by atoms with van der Waals surface area (Å²) >= 11 is 0. The van der Waals surface area contributed by atoms with Crippen LogP contribution >= 0.6 is 0 Å². The van der Waals surface area contributed by atoms with Crippen molar-refractivity contribution in [2.45, 2.75) is 44.6 Å². The molecule has 2 amide bonds.